The smallest absolute Gasteiger partial charge is 0.0330 e. The van der Waals surface area contributed by atoms with Crippen molar-refractivity contribution < 1.29 is 0 Å². The lowest BCUT2D eigenvalue weighted by atomic mass is 9.67. The van der Waals surface area contributed by atoms with Gasteiger partial charge in [0.05, 0.1) is 0 Å². The van der Waals surface area contributed by atoms with Crippen LogP contribution in [0.1, 0.15) is 219 Å². The van der Waals surface area contributed by atoms with Crippen molar-refractivity contribution >= 4 is 5.57 Å². The van der Waals surface area contributed by atoms with Gasteiger partial charge in [0.25, 0.3) is 0 Å². The molecule has 1 saturated carbocycles. The highest BCUT2D eigenvalue weighted by Crippen LogP contribution is 2.43. The van der Waals surface area contributed by atoms with Gasteiger partial charge in [-0.3, -0.25) is 0 Å². The first-order valence-corrected chi connectivity index (χ1v) is 24.6. The molecule has 0 atom stereocenters. The Labute approximate surface area is 391 Å². The van der Waals surface area contributed by atoms with Crippen LogP contribution in [0, 0.1) is 54.8 Å². The molecule has 1 nitrogen and oxygen atoms in total. The Morgan fingerprint density at radius 2 is 1.29 bits per heavy atom. The lowest BCUT2D eigenvalue weighted by molar-refractivity contribution is 0.166. The van der Waals surface area contributed by atoms with Gasteiger partial charge in [0.15, 0.2) is 0 Å². The summed E-state index contributed by atoms with van der Waals surface area (Å²) in [4.78, 5) is 0. The van der Waals surface area contributed by atoms with Crippen molar-refractivity contribution in [2.45, 2.75) is 215 Å². The zero-order valence-electron chi connectivity index (χ0n) is 45.6. The SMILES string of the molecule is C#C.C=C(/C=C(C)\C(C)=C(/C)C(C)C)c1ccc(C(CCC)(CCC)C(=C)C)c(C)c1.C=CC.CC(C)C.CC(C)C.CC1=CCNC=C1.CCCC(C)(C)CCC1CC(C)C1. The first-order valence-electron chi connectivity index (χ1n) is 24.6. The summed E-state index contributed by atoms with van der Waals surface area (Å²) in [6.45, 7) is 59.8. The maximum atomic E-state index is 4.40. The molecule has 1 aliphatic heterocycles. The normalized spacial score (nSPS) is 15.8. The van der Waals surface area contributed by atoms with Crippen LogP contribution in [-0.2, 0) is 5.41 Å². The lowest BCUT2D eigenvalue weighted by Gasteiger charge is -2.36. The van der Waals surface area contributed by atoms with Crippen LogP contribution in [0.4, 0.5) is 0 Å². The topological polar surface area (TPSA) is 12.0 Å². The van der Waals surface area contributed by atoms with Gasteiger partial charge < -0.3 is 5.32 Å². The van der Waals surface area contributed by atoms with Crippen molar-refractivity contribution in [3.8, 4) is 12.8 Å². The van der Waals surface area contributed by atoms with E-state index in [2.05, 4.69) is 213 Å². The van der Waals surface area contributed by atoms with Gasteiger partial charge in [0, 0.05) is 12.0 Å². The minimum absolute atomic E-state index is 0.0902. The lowest BCUT2D eigenvalue weighted by Crippen LogP contribution is -2.28. The number of rotatable bonds is 15. The number of allylic oxidation sites excluding steroid dienone is 9. The van der Waals surface area contributed by atoms with Crippen molar-refractivity contribution in [1.29, 1.82) is 0 Å². The molecule has 0 unspecified atom stereocenters. The number of terminal acetylenes is 1. The van der Waals surface area contributed by atoms with Crippen molar-refractivity contribution in [2.75, 3.05) is 6.54 Å². The zero-order valence-corrected chi connectivity index (χ0v) is 45.6. The molecule has 1 aromatic rings. The molecule has 356 valence electrons. The molecule has 3 rings (SSSR count). The van der Waals surface area contributed by atoms with Crippen molar-refractivity contribution in [2.24, 2.45) is 35.0 Å². The zero-order chi connectivity index (χ0) is 49.2. The first-order chi connectivity index (χ1) is 28.8. The summed E-state index contributed by atoms with van der Waals surface area (Å²) in [5.41, 5.74) is 12.5. The summed E-state index contributed by atoms with van der Waals surface area (Å²) in [6, 6.07) is 6.91. The van der Waals surface area contributed by atoms with Crippen LogP contribution in [0.15, 0.2) is 96.3 Å². The molecular formula is C61H107N. The van der Waals surface area contributed by atoms with Gasteiger partial charge in [0.1, 0.15) is 0 Å². The minimum Gasteiger partial charge on any atom is -0.387 e. The van der Waals surface area contributed by atoms with Gasteiger partial charge >= 0.3 is 0 Å². The highest BCUT2D eigenvalue weighted by atomic mass is 14.8. The van der Waals surface area contributed by atoms with Crippen molar-refractivity contribution in [3.05, 3.63) is 113 Å². The highest BCUT2D eigenvalue weighted by Gasteiger charge is 2.33. The van der Waals surface area contributed by atoms with E-state index in [0.717, 1.165) is 48.6 Å². The van der Waals surface area contributed by atoms with E-state index in [4.69, 9.17) is 0 Å². The molecular weight excluding hydrogens is 747 g/mol. The molecule has 0 aromatic heterocycles. The van der Waals surface area contributed by atoms with Crippen LogP contribution < -0.4 is 5.32 Å². The fourth-order valence-corrected chi connectivity index (χ4v) is 7.75. The average molecular weight is 855 g/mol. The van der Waals surface area contributed by atoms with Crippen LogP contribution in [0.5, 0.6) is 0 Å². The van der Waals surface area contributed by atoms with Crippen LogP contribution in [0.25, 0.3) is 5.57 Å². The predicted molar refractivity (Wildman–Crippen MR) is 291 cm³/mol. The van der Waals surface area contributed by atoms with Gasteiger partial charge in [-0.1, -0.05) is 182 Å². The molecule has 0 amide bonds. The molecule has 62 heavy (non-hydrogen) atoms. The summed E-state index contributed by atoms with van der Waals surface area (Å²) in [5.74, 6) is 4.34. The molecule has 1 aliphatic carbocycles. The van der Waals surface area contributed by atoms with Crippen molar-refractivity contribution in [1.82, 2.24) is 5.32 Å². The molecule has 0 saturated heterocycles. The molecule has 1 heteroatoms. The fourth-order valence-electron chi connectivity index (χ4n) is 7.75. The average Bonchev–Trinajstić information content (AvgIpc) is 3.16. The first kappa shape index (κ1) is 65.4. The van der Waals surface area contributed by atoms with E-state index in [-0.39, 0.29) is 5.41 Å². The molecule has 2 aliphatic rings. The van der Waals surface area contributed by atoms with E-state index in [1.165, 1.54) is 95.9 Å². The van der Waals surface area contributed by atoms with Crippen LogP contribution in [0.2, 0.25) is 0 Å². The summed E-state index contributed by atoms with van der Waals surface area (Å²) in [7, 11) is 0. The van der Waals surface area contributed by atoms with E-state index < -0.39 is 0 Å². The standard InChI is InChI=1S/C29H44.C13H26.C6H9N.2C4H10.C3H6.C2H2/c1-12-16-29(17-13-2,21(5)6)28-15-14-27(19-24(28)9)23(8)18-22(7)26(11)25(10)20(3)4;1-5-7-13(3,4)8-6-12-9-11(2)10-12;1-6-2-4-7-5-3-6;2*1-4(2)3;1-3-2;1-2/h14-15,18-20H,5,8,12-13,16-17H2,1-4,6-7,9-11H3;11-12H,5-10H2,1-4H3;2-4,7H,5H2,1H3;2*4H,1-3H3;3H,1H2,2H3;1-2H/b22-18-,26-25+;;;;;;. The molecule has 0 spiro atoms. The number of aryl methyl sites for hydroxylation is 1. The van der Waals surface area contributed by atoms with Gasteiger partial charge in [-0.25, -0.2) is 0 Å². The van der Waals surface area contributed by atoms with Gasteiger partial charge in [-0.2, -0.15) is 0 Å². The predicted octanol–water partition coefficient (Wildman–Crippen LogP) is 19.8. The third-order valence-corrected chi connectivity index (χ3v) is 11.4. The second-order valence-electron chi connectivity index (χ2n) is 20.7. The Morgan fingerprint density at radius 1 is 0.823 bits per heavy atom. The van der Waals surface area contributed by atoms with Gasteiger partial charge in [0.2, 0.25) is 0 Å². The second-order valence-corrected chi connectivity index (χ2v) is 20.7. The van der Waals surface area contributed by atoms with Crippen LogP contribution in [0.3, 0.4) is 0 Å². The fraction of sp³-hybridized carbons (Fsp3) is 0.639. The second kappa shape index (κ2) is 37.2. The maximum Gasteiger partial charge on any atom is 0.0330 e. The number of nitrogens with one attached hydrogen (secondary N) is 1. The summed E-state index contributed by atoms with van der Waals surface area (Å²) < 4.78 is 0. The number of dihydropyridines is 1. The van der Waals surface area contributed by atoms with Gasteiger partial charge in [-0.15, -0.1) is 19.4 Å². The van der Waals surface area contributed by atoms with E-state index in [0.29, 0.717) is 11.3 Å². The highest BCUT2D eigenvalue weighted by molar-refractivity contribution is 5.74. The Balaban J connectivity index is -0.000000413. The van der Waals surface area contributed by atoms with E-state index in [1.807, 2.05) is 13.1 Å². The third kappa shape index (κ3) is 30.7. The Kier molecular flexibility index (Phi) is 39.2. The quantitative estimate of drug-likeness (QED) is 0.105. The molecule has 1 fully saturated rings. The van der Waals surface area contributed by atoms with Crippen LogP contribution in [-0.4, -0.2) is 6.54 Å². The molecule has 1 heterocycles. The number of benzene rings is 1. The molecule has 1 aromatic carbocycles. The Morgan fingerprint density at radius 3 is 1.61 bits per heavy atom. The van der Waals surface area contributed by atoms with Crippen molar-refractivity contribution in [3.63, 3.8) is 0 Å². The molecule has 0 radical (unpaired) electrons. The maximum absolute atomic E-state index is 4.40. The Bertz CT molecular complexity index is 1470. The van der Waals surface area contributed by atoms with Gasteiger partial charge in [-0.05, 0) is 174 Å². The Hall–Kier alpha value is -3.24. The molecule has 1 N–H and O–H groups in total. The van der Waals surface area contributed by atoms with E-state index >= 15 is 0 Å². The monoisotopic (exact) mass is 854 g/mol. The van der Waals surface area contributed by atoms with Crippen LogP contribution >= 0.6 is 0 Å². The van der Waals surface area contributed by atoms with E-state index in [9.17, 15) is 0 Å². The number of hydrogen-bond acceptors (Lipinski definition) is 1. The molecule has 0 bridgehead atoms. The number of hydrogen-bond donors (Lipinski definition) is 1. The summed E-state index contributed by atoms with van der Waals surface area (Å²) in [5, 5.41) is 3.06. The largest absolute Gasteiger partial charge is 0.387 e. The third-order valence-electron chi connectivity index (χ3n) is 11.4. The summed E-state index contributed by atoms with van der Waals surface area (Å²) in [6.07, 6.45) is 31.5. The summed E-state index contributed by atoms with van der Waals surface area (Å²) >= 11 is 0. The van der Waals surface area contributed by atoms with E-state index in [1.54, 1.807) is 6.08 Å². The minimum atomic E-state index is 0.0902.